The van der Waals surface area contributed by atoms with Crippen LogP contribution >= 0.6 is 22.9 Å². The second-order valence-corrected chi connectivity index (χ2v) is 7.94. The minimum absolute atomic E-state index is 0.0137. The number of anilines is 1. The summed E-state index contributed by atoms with van der Waals surface area (Å²) in [5.41, 5.74) is 1.42. The van der Waals surface area contributed by atoms with Crippen molar-refractivity contribution in [3.63, 3.8) is 0 Å². The third kappa shape index (κ3) is 3.86. The molecule has 3 aromatic rings. The average molecular weight is 405 g/mol. The number of aryl methyl sites for hydroxylation is 2. The average Bonchev–Trinajstić information content (AvgIpc) is 2.97. The zero-order chi connectivity index (χ0) is 19.7. The highest BCUT2D eigenvalue weighted by Gasteiger charge is 2.16. The fourth-order valence-corrected chi connectivity index (χ4v) is 4.03. The zero-order valence-corrected chi connectivity index (χ0v) is 16.5. The minimum atomic E-state index is -0.504. The summed E-state index contributed by atoms with van der Waals surface area (Å²) in [5.74, 6) is 0. The van der Waals surface area contributed by atoms with Gasteiger partial charge in [0.15, 0.2) is 0 Å². The molecule has 0 aliphatic heterocycles. The van der Waals surface area contributed by atoms with Crippen LogP contribution in [-0.2, 0) is 0 Å². The van der Waals surface area contributed by atoms with E-state index in [1.54, 1.807) is 11.3 Å². The van der Waals surface area contributed by atoms with E-state index in [1.807, 2.05) is 13.8 Å². The van der Waals surface area contributed by atoms with Gasteiger partial charge in [-0.2, -0.15) is 9.78 Å². The molecule has 27 heavy (non-hydrogen) atoms. The normalized spacial score (nSPS) is 12.0. The molecule has 0 fully saturated rings. The Balaban J connectivity index is 1.90. The molecule has 1 aromatic carbocycles. The Hall–Kier alpha value is -2.71. The van der Waals surface area contributed by atoms with E-state index in [4.69, 9.17) is 11.6 Å². The van der Waals surface area contributed by atoms with Gasteiger partial charge in [0.25, 0.3) is 11.2 Å². The van der Waals surface area contributed by atoms with E-state index in [1.165, 1.54) is 40.2 Å². The quantitative estimate of drug-likeness (QED) is 0.494. The van der Waals surface area contributed by atoms with E-state index in [0.29, 0.717) is 11.4 Å². The Labute approximate surface area is 164 Å². The molecule has 3 rings (SSSR count). The summed E-state index contributed by atoms with van der Waals surface area (Å²) in [5, 5.41) is 18.1. The van der Waals surface area contributed by atoms with Gasteiger partial charge in [0, 0.05) is 27.9 Å². The second-order valence-electron chi connectivity index (χ2n) is 6.10. The number of hydrogen-bond donors (Lipinski definition) is 1. The lowest BCUT2D eigenvalue weighted by Gasteiger charge is -2.16. The zero-order valence-electron chi connectivity index (χ0n) is 14.9. The van der Waals surface area contributed by atoms with E-state index in [9.17, 15) is 14.9 Å². The molecule has 1 N–H and O–H groups in total. The number of thiophene rings is 1. The van der Waals surface area contributed by atoms with Crippen LogP contribution in [-0.4, -0.2) is 14.7 Å². The third-order valence-corrected chi connectivity index (χ3v) is 5.49. The first-order chi connectivity index (χ1) is 12.8. The molecule has 2 aromatic heterocycles. The molecule has 0 saturated heterocycles. The Morgan fingerprint density at radius 1 is 1.30 bits per heavy atom. The summed E-state index contributed by atoms with van der Waals surface area (Å²) in [6.07, 6.45) is 1.48. The molecular formula is C18H17ClN4O3S. The van der Waals surface area contributed by atoms with E-state index in [0.717, 1.165) is 10.2 Å². The van der Waals surface area contributed by atoms with Gasteiger partial charge in [0.05, 0.1) is 22.5 Å². The van der Waals surface area contributed by atoms with Gasteiger partial charge in [-0.15, -0.1) is 11.3 Å². The first kappa shape index (κ1) is 19.1. The fraction of sp³-hybridized carbons (Fsp3) is 0.222. The minimum Gasteiger partial charge on any atom is -0.376 e. The van der Waals surface area contributed by atoms with Crippen molar-refractivity contribution in [3.8, 4) is 5.69 Å². The van der Waals surface area contributed by atoms with E-state index in [-0.39, 0.29) is 16.8 Å². The molecule has 140 valence electrons. The molecule has 2 heterocycles. The molecule has 0 saturated carbocycles. The molecule has 1 unspecified atom stereocenters. The van der Waals surface area contributed by atoms with Gasteiger partial charge in [0.2, 0.25) is 0 Å². The smallest absolute Gasteiger partial charge is 0.292 e. The molecule has 0 aliphatic carbocycles. The monoisotopic (exact) mass is 404 g/mol. The van der Waals surface area contributed by atoms with E-state index in [2.05, 4.69) is 23.4 Å². The lowest BCUT2D eigenvalue weighted by molar-refractivity contribution is -0.384. The van der Waals surface area contributed by atoms with Crippen LogP contribution in [0.4, 0.5) is 11.4 Å². The van der Waals surface area contributed by atoms with Crippen LogP contribution in [0.2, 0.25) is 5.02 Å². The van der Waals surface area contributed by atoms with Crippen LogP contribution in [0.25, 0.3) is 5.69 Å². The molecular weight excluding hydrogens is 388 g/mol. The van der Waals surface area contributed by atoms with Crippen LogP contribution in [0.15, 0.2) is 41.3 Å². The summed E-state index contributed by atoms with van der Waals surface area (Å²) in [4.78, 5) is 25.3. The van der Waals surface area contributed by atoms with Crippen molar-refractivity contribution < 1.29 is 4.92 Å². The van der Waals surface area contributed by atoms with Gasteiger partial charge >= 0.3 is 0 Å². The maximum absolute atomic E-state index is 12.6. The largest absolute Gasteiger partial charge is 0.376 e. The summed E-state index contributed by atoms with van der Waals surface area (Å²) in [7, 11) is 0. The predicted octanol–water partition coefficient (Wildman–Crippen LogP) is 4.65. The number of rotatable bonds is 5. The molecule has 0 bridgehead atoms. The van der Waals surface area contributed by atoms with Gasteiger partial charge in [0.1, 0.15) is 5.02 Å². The number of halogens is 1. The first-order valence-electron chi connectivity index (χ1n) is 8.14. The Morgan fingerprint density at radius 2 is 1.96 bits per heavy atom. The van der Waals surface area contributed by atoms with Crippen LogP contribution in [0, 0.1) is 24.0 Å². The molecule has 7 nitrogen and oxygen atoms in total. The van der Waals surface area contributed by atoms with Crippen LogP contribution in [0.5, 0.6) is 0 Å². The van der Waals surface area contributed by atoms with Crippen LogP contribution < -0.4 is 10.9 Å². The molecule has 0 amide bonds. The fourth-order valence-electron chi connectivity index (χ4n) is 2.82. The maximum Gasteiger partial charge on any atom is 0.292 e. The Bertz CT molecular complexity index is 1060. The number of benzene rings is 1. The van der Waals surface area contributed by atoms with Gasteiger partial charge in [-0.1, -0.05) is 11.6 Å². The molecule has 0 spiro atoms. The highest BCUT2D eigenvalue weighted by Crippen LogP contribution is 2.30. The third-order valence-electron chi connectivity index (χ3n) is 4.14. The summed E-state index contributed by atoms with van der Waals surface area (Å²) < 4.78 is 1.11. The predicted molar refractivity (Wildman–Crippen MR) is 107 cm³/mol. The summed E-state index contributed by atoms with van der Waals surface area (Å²) in [6, 6.07) is 7.60. The van der Waals surface area contributed by atoms with Crippen molar-refractivity contribution in [1.82, 2.24) is 9.78 Å². The van der Waals surface area contributed by atoms with E-state index < -0.39 is 10.5 Å². The topological polar surface area (TPSA) is 90.1 Å². The molecule has 1 atom stereocenters. The van der Waals surface area contributed by atoms with Crippen molar-refractivity contribution in [3.05, 3.63) is 77.3 Å². The van der Waals surface area contributed by atoms with Gasteiger partial charge in [-0.3, -0.25) is 14.9 Å². The lowest BCUT2D eigenvalue weighted by Crippen LogP contribution is -2.23. The van der Waals surface area contributed by atoms with Crippen LogP contribution in [0.1, 0.15) is 28.3 Å². The number of nitro groups is 1. The van der Waals surface area contributed by atoms with Crippen molar-refractivity contribution in [2.24, 2.45) is 0 Å². The number of nitrogens with zero attached hydrogens (tertiary/aromatic N) is 3. The van der Waals surface area contributed by atoms with Crippen molar-refractivity contribution in [1.29, 1.82) is 0 Å². The van der Waals surface area contributed by atoms with Crippen molar-refractivity contribution in [2.45, 2.75) is 26.8 Å². The van der Waals surface area contributed by atoms with E-state index >= 15 is 0 Å². The second kappa shape index (κ2) is 7.50. The Kier molecular flexibility index (Phi) is 5.29. The molecule has 0 radical (unpaired) electrons. The standard InChI is InChI=1S/C18H17ClN4O3S/c1-10-8-15(12(3)27-10)11(2)21-16-9-20-22(18(24)17(16)19)13-4-6-14(7-5-13)23(25)26/h4-9,11,21H,1-3H3. The highest BCUT2D eigenvalue weighted by molar-refractivity contribution is 7.12. The van der Waals surface area contributed by atoms with Crippen molar-refractivity contribution in [2.75, 3.05) is 5.32 Å². The van der Waals surface area contributed by atoms with Gasteiger partial charge < -0.3 is 5.32 Å². The Morgan fingerprint density at radius 3 is 2.52 bits per heavy atom. The van der Waals surface area contributed by atoms with Crippen molar-refractivity contribution >= 4 is 34.3 Å². The number of non-ortho nitro benzene ring substituents is 1. The first-order valence-corrected chi connectivity index (χ1v) is 9.33. The van der Waals surface area contributed by atoms with Gasteiger partial charge in [-0.05, 0) is 44.5 Å². The number of hydrogen-bond acceptors (Lipinski definition) is 6. The lowest BCUT2D eigenvalue weighted by atomic mass is 10.1. The SMILES string of the molecule is Cc1cc(C(C)Nc2cnn(-c3ccc([N+](=O)[O-])cc3)c(=O)c2Cl)c(C)s1. The number of nitrogens with one attached hydrogen (secondary N) is 1. The van der Waals surface area contributed by atoms with Crippen LogP contribution in [0.3, 0.4) is 0 Å². The summed E-state index contributed by atoms with van der Waals surface area (Å²) in [6.45, 7) is 6.10. The maximum atomic E-state index is 12.6. The summed E-state index contributed by atoms with van der Waals surface area (Å²) >= 11 is 7.98. The highest BCUT2D eigenvalue weighted by atomic mass is 35.5. The molecule has 0 aliphatic rings. The van der Waals surface area contributed by atoms with Gasteiger partial charge in [-0.25, -0.2) is 0 Å². The number of nitro benzene ring substituents is 1. The number of aromatic nitrogens is 2. The molecule has 9 heteroatoms.